The molecule has 0 unspecified atom stereocenters. The minimum absolute atomic E-state index is 0.569. The molecule has 0 atom stereocenters. The van der Waals surface area contributed by atoms with Crippen LogP contribution in [0.25, 0.3) is 0 Å². The normalized spacial score (nSPS) is 9.55. The predicted octanol–water partition coefficient (Wildman–Crippen LogP) is 2.18. The van der Waals surface area contributed by atoms with Crippen molar-refractivity contribution in [1.82, 2.24) is 10.9 Å². The topological polar surface area (TPSA) is 88.7 Å². The van der Waals surface area contributed by atoms with Gasteiger partial charge in [-0.1, -0.05) is 6.92 Å². The second-order valence-corrected chi connectivity index (χ2v) is 4.02. The van der Waals surface area contributed by atoms with Gasteiger partial charge in [-0.15, -0.1) is 0 Å². The summed E-state index contributed by atoms with van der Waals surface area (Å²) in [4.78, 5) is 22.3. The summed E-state index contributed by atoms with van der Waals surface area (Å²) in [5, 5.41) is 2.60. The van der Waals surface area contributed by atoms with Gasteiger partial charge >= 0.3 is 12.1 Å². The molecular formula is C13H19N3O4. The molecule has 0 saturated carbocycles. The number of ether oxygens (including phenoxy) is 2. The van der Waals surface area contributed by atoms with Crippen LogP contribution in [-0.2, 0) is 4.74 Å². The fourth-order valence-corrected chi connectivity index (χ4v) is 1.40. The number of nitrogens with one attached hydrogen (secondary N) is 3. The fraction of sp³-hybridized carbons (Fsp3) is 0.385. The van der Waals surface area contributed by atoms with E-state index in [-0.39, 0.29) is 0 Å². The molecule has 0 bridgehead atoms. The van der Waals surface area contributed by atoms with Gasteiger partial charge in [0.2, 0.25) is 0 Å². The zero-order chi connectivity index (χ0) is 15.0. The lowest BCUT2D eigenvalue weighted by Crippen LogP contribution is -2.43. The number of carbonyl (C=O) groups is 2. The van der Waals surface area contributed by atoms with Crippen LogP contribution in [0, 0.1) is 6.92 Å². The maximum absolute atomic E-state index is 11.5. The smallest absolute Gasteiger partial charge is 0.425 e. The zero-order valence-corrected chi connectivity index (χ0v) is 11.8. The van der Waals surface area contributed by atoms with E-state index in [1.54, 1.807) is 12.1 Å². The number of rotatable bonds is 4. The van der Waals surface area contributed by atoms with Crippen LogP contribution in [0.2, 0.25) is 0 Å². The number of hydrazine groups is 1. The molecule has 1 aromatic rings. The summed E-state index contributed by atoms with van der Waals surface area (Å²) in [5.41, 5.74) is 5.69. The third-order valence-corrected chi connectivity index (χ3v) is 2.38. The lowest BCUT2D eigenvalue weighted by molar-refractivity contribution is 0.166. The summed E-state index contributed by atoms with van der Waals surface area (Å²) in [7, 11) is 1.20. The largest absolute Gasteiger partial charge is 0.494 e. The molecule has 0 radical (unpaired) electrons. The SMILES string of the molecule is CCCOc1ccc(NC(=O)NNC(=O)OC)c(C)c1. The van der Waals surface area contributed by atoms with E-state index in [1.807, 2.05) is 19.9 Å². The number of aryl methyl sites for hydroxylation is 1. The molecule has 0 spiro atoms. The van der Waals surface area contributed by atoms with Gasteiger partial charge < -0.3 is 14.8 Å². The molecule has 0 heterocycles. The monoisotopic (exact) mass is 281 g/mol. The molecule has 0 aliphatic rings. The summed E-state index contributed by atoms with van der Waals surface area (Å²) >= 11 is 0. The molecular weight excluding hydrogens is 262 g/mol. The van der Waals surface area contributed by atoms with Crippen LogP contribution in [0.4, 0.5) is 15.3 Å². The standard InChI is InChI=1S/C13H19N3O4/c1-4-7-20-10-5-6-11(9(2)8-10)14-12(17)15-16-13(18)19-3/h5-6,8H,4,7H2,1-3H3,(H,16,18)(H2,14,15,17). The maximum Gasteiger partial charge on any atom is 0.425 e. The first-order chi connectivity index (χ1) is 9.56. The Kier molecular flexibility index (Phi) is 6.15. The number of anilines is 1. The minimum atomic E-state index is -0.750. The number of hydrogen-bond acceptors (Lipinski definition) is 4. The van der Waals surface area contributed by atoms with Crippen LogP contribution >= 0.6 is 0 Å². The number of amides is 3. The second-order valence-electron chi connectivity index (χ2n) is 4.02. The van der Waals surface area contributed by atoms with Crippen molar-refractivity contribution in [3.8, 4) is 5.75 Å². The van der Waals surface area contributed by atoms with Gasteiger partial charge in [0.15, 0.2) is 0 Å². The summed E-state index contributed by atoms with van der Waals surface area (Å²) < 4.78 is 9.81. The maximum atomic E-state index is 11.5. The predicted molar refractivity (Wildman–Crippen MR) is 74.7 cm³/mol. The van der Waals surface area contributed by atoms with E-state index in [2.05, 4.69) is 20.9 Å². The number of benzene rings is 1. The summed E-state index contributed by atoms with van der Waals surface area (Å²) in [6, 6.07) is 4.77. The third-order valence-electron chi connectivity index (χ3n) is 2.38. The van der Waals surface area contributed by atoms with E-state index < -0.39 is 12.1 Å². The lowest BCUT2D eigenvalue weighted by Gasteiger charge is -2.12. The Labute approximate surface area is 117 Å². The molecule has 1 aromatic carbocycles. The van der Waals surface area contributed by atoms with Gasteiger partial charge in [0.1, 0.15) is 5.75 Å². The fourth-order valence-electron chi connectivity index (χ4n) is 1.40. The number of carbonyl (C=O) groups excluding carboxylic acids is 2. The van der Waals surface area contributed by atoms with E-state index in [0.29, 0.717) is 12.3 Å². The quantitative estimate of drug-likeness (QED) is 0.738. The van der Waals surface area contributed by atoms with Crippen molar-refractivity contribution in [2.24, 2.45) is 0 Å². The van der Waals surface area contributed by atoms with Crippen molar-refractivity contribution in [3.63, 3.8) is 0 Å². The van der Waals surface area contributed by atoms with E-state index >= 15 is 0 Å². The molecule has 7 nitrogen and oxygen atoms in total. The average Bonchev–Trinajstić information content (AvgIpc) is 2.45. The first-order valence-corrected chi connectivity index (χ1v) is 6.21. The molecule has 0 saturated heterocycles. The van der Waals surface area contributed by atoms with Crippen LogP contribution in [0.1, 0.15) is 18.9 Å². The van der Waals surface area contributed by atoms with Crippen LogP contribution in [-0.4, -0.2) is 25.8 Å². The van der Waals surface area contributed by atoms with E-state index in [4.69, 9.17) is 4.74 Å². The Morgan fingerprint density at radius 1 is 1.25 bits per heavy atom. The molecule has 0 aliphatic heterocycles. The van der Waals surface area contributed by atoms with E-state index in [9.17, 15) is 9.59 Å². The van der Waals surface area contributed by atoms with E-state index in [0.717, 1.165) is 17.7 Å². The Morgan fingerprint density at radius 2 is 2.00 bits per heavy atom. The van der Waals surface area contributed by atoms with Crippen LogP contribution in [0.15, 0.2) is 18.2 Å². The van der Waals surface area contributed by atoms with Crippen LogP contribution < -0.4 is 20.9 Å². The van der Waals surface area contributed by atoms with Crippen molar-refractivity contribution < 1.29 is 19.1 Å². The summed E-state index contributed by atoms with van der Waals surface area (Å²) in [6.45, 7) is 4.53. The zero-order valence-electron chi connectivity index (χ0n) is 11.8. The van der Waals surface area contributed by atoms with Crippen molar-refractivity contribution in [2.45, 2.75) is 20.3 Å². The van der Waals surface area contributed by atoms with Gasteiger partial charge in [0.05, 0.1) is 13.7 Å². The van der Waals surface area contributed by atoms with Crippen LogP contribution in [0.3, 0.4) is 0 Å². The first-order valence-electron chi connectivity index (χ1n) is 6.21. The second kappa shape index (κ2) is 7.88. The lowest BCUT2D eigenvalue weighted by atomic mass is 10.2. The highest BCUT2D eigenvalue weighted by atomic mass is 16.5. The minimum Gasteiger partial charge on any atom is -0.494 e. The van der Waals surface area contributed by atoms with Gasteiger partial charge in [-0.2, -0.15) is 0 Å². The Morgan fingerprint density at radius 3 is 2.60 bits per heavy atom. The molecule has 0 fully saturated rings. The number of methoxy groups -OCH3 is 1. The number of urea groups is 1. The van der Waals surface area contributed by atoms with E-state index in [1.165, 1.54) is 7.11 Å². The molecule has 0 aromatic heterocycles. The van der Waals surface area contributed by atoms with Crippen LogP contribution in [0.5, 0.6) is 5.75 Å². The van der Waals surface area contributed by atoms with Gasteiger partial charge in [0.25, 0.3) is 0 Å². The summed E-state index contributed by atoms with van der Waals surface area (Å²) in [6.07, 6.45) is 0.181. The molecule has 1 rings (SSSR count). The summed E-state index contributed by atoms with van der Waals surface area (Å²) in [5.74, 6) is 0.753. The highest BCUT2D eigenvalue weighted by molar-refractivity contribution is 5.91. The molecule has 110 valence electrons. The highest BCUT2D eigenvalue weighted by Gasteiger charge is 2.06. The molecule has 20 heavy (non-hydrogen) atoms. The Hall–Kier alpha value is -2.44. The van der Waals surface area contributed by atoms with Crippen molar-refractivity contribution in [3.05, 3.63) is 23.8 Å². The first kappa shape index (κ1) is 15.6. The van der Waals surface area contributed by atoms with Gasteiger partial charge in [-0.05, 0) is 37.1 Å². The number of hydrogen-bond donors (Lipinski definition) is 3. The molecule has 3 amide bonds. The van der Waals surface area contributed by atoms with Crippen molar-refractivity contribution in [2.75, 3.05) is 19.0 Å². The van der Waals surface area contributed by atoms with Gasteiger partial charge in [0, 0.05) is 5.69 Å². The van der Waals surface area contributed by atoms with Crippen molar-refractivity contribution >= 4 is 17.8 Å². The highest BCUT2D eigenvalue weighted by Crippen LogP contribution is 2.21. The van der Waals surface area contributed by atoms with Gasteiger partial charge in [-0.25, -0.2) is 20.4 Å². The Bertz CT molecular complexity index is 477. The van der Waals surface area contributed by atoms with Crippen molar-refractivity contribution in [1.29, 1.82) is 0 Å². The molecule has 0 aliphatic carbocycles. The average molecular weight is 281 g/mol. The molecule has 7 heteroatoms. The third kappa shape index (κ3) is 5.05. The Balaban J connectivity index is 2.55. The van der Waals surface area contributed by atoms with Gasteiger partial charge in [-0.3, -0.25) is 0 Å². The molecule has 3 N–H and O–H groups in total.